The number of fused-ring (bicyclic) bond motifs is 3. The van der Waals surface area contributed by atoms with Crippen molar-refractivity contribution in [2.45, 2.75) is 39.5 Å². The highest BCUT2D eigenvalue weighted by Gasteiger charge is 2.23. The zero-order valence-electron chi connectivity index (χ0n) is 19.4. The third-order valence-electron chi connectivity index (χ3n) is 5.89. The fourth-order valence-electron chi connectivity index (χ4n) is 4.23. The average molecular weight is 474 g/mol. The number of para-hydroxylation sites is 2. The molecule has 34 heavy (non-hydrogen) atoms. The molecule has 2 aromatic carbocycles. The maximum Gasteiger partial charge on any atom is 0.262 e. The Morgan fingerprint density at radius 1 is 1.03 bits per heavy atom. The number of thiophene rings is 1. The highest BCUT2D eigenvalue weighted by Crippen LogP contribution is 2.40. The minimum atomic E-state index is -0.264. The molecule has 0 saturated heterocycles. The van der Waals surface area contributed by atoms with E-state index in [1.54, 1.807) is 11.3 Å². The fourth-order valence-corrected chi connectivity index (χ4v) is 5.48. The van der Waals surface area contributed by atoms with Crippen LogP contribution in [0.5, 0.6) is 11.6 Å². The molecule has 0 aliphatic heterocycles. The number of hydrogen-bond donors (Lipinski definition) is 1. The van der Waals surface area contributed by atoms with Crippen molar-refractivity contribution >= 4 is 33.1 Å². The molecule has 6 nitrogen and oxygen atoms in total. The Kier molecular flexibility index (Phi) is 6.45. The van der Waals surface area contributed by atoms with Crippen molar-refractivity contribution < 1.29 is 14.3 Å². The molecule has 2 heterocycles. The highest BCUT2D eigenvalue weighted by atomic mass is 32.1. The Morgan fingerprint density at radius 2 is 1.82 bits per heavy atom. The number of rotatable bonds is 7. The maximum absolute atomic E-state index is 12.8. The quantitative estimate of drug-likeness (QED) is 0.358. The molecule has 1 amide bonds. The summed E-state index contributed by atoms with van der Waals surface area (Å²) in [6.45, 7) is 4.34. The average Bonchev–Trinajstić information content (AvgIpc) is 3.23. The van der Waals surface area contributed by atoms with Gasteiger partial charge in [-0.05, 0) is 57.2 Å². The third kappa shape index (κ3) is 4.61. The molecule has 7 heteroatoms. The lowest BCUT2D eigenvalue weighted by Crippen LogP contribution is -2.21. The van der Waals surface area contributed by atoms with Crippen LogP contribution in [0.4, 0.5) is 5.69 Å². The van der Waals surface area contributed by atoms with Gasteiger partial charge in [-0.3, -0.25) is 4.79 Å². The van der Waals surface area contributed by atoms with Crippen molar-refractivity contribution in [3.63, 3.8) is 0 Å². The van der Waals surface area contributed by atoms with Gasteiger partial charge < -0.3 is 14.8 Å². The summed E-state index contributed by atoms with van der Waals surface area (Å²) in [5.41, 5.74) is 4.01. The maximum atomic E-state index is 12.8. The highest BCUT2D eigenvalue weighted by molar-refractivity contribution is 7.18. The van der Waals surface area contributed by atoms with Gasteiger partial charge in [0, 0.05) is 10.4 Å². The predicted molar refractivity (Wildman–Crippen MR) is 136 cm³/mol. The predicted octanol–water partition coefficient (Wildman–Crippen LogP) is 5.96. The molecule has 0 saturated carbocycles. The summed E-state index contributed by atoms with van der Waals surface area (Å²) < 4.78 is 11.7. The zero-order chi connectivity index (χ0) is 23.5. The Bertz CT molecular complexity index is 1330. The first-order valence-corrected chi connectivity index (χ1v) is 12.5. The van der Waals surface area contributed by atoms with Crippen molar-refractivity contribution in [1.82, 2.24) is 9.97 Å². The van der Waals surface area contributed by atoms with Gasteiger partial charge in [-0.15, -0.1) is 11.3 Å². The number of aryl methyl sites for hydroxylation is 3. The molecule has 0 unspecified atom stereocenters. The van der Waals surface area contributed by atoms with Gasteiger partial charge in [0.2, 0.25) is 5.88 Å². The van der Waals surface area contributed by atoms with Crippen LogP contribution in [-0.2, 0) is 17.6 Å². The molecule has 2 aromatic heterocycles. The van der Waals surface area contributed by atoms with E-state index in [0.29, 0.717) is 29.7 Å². The monoisotopic (exact) mass is 473 g/mol. The standard InChI is InChI=1S/C27H27N3O3S/c1-3-32-21-10-6-5-9-20(21)28-23(31)16-33-26-24-19-8-4-7-11-22(19)34-27(24)30-25(29-26)18-14-12-17(2)13-15-18/h5-6,9-10,12-15H,3-4,7-8,11,16H2,1-2H3,(H,28,31). The van der Waals surface area contributed by atoms with Gasteiger partial charge in [0.1, 0.15) is 10.6 Å². The third-order valence-corrected chi connectivity index (χ3v) is 7.08. The van der Waals surface area contributed by atoms with E-state index >= 15 is 0 Å². The molecule has 0 bridgehead atoms. The van der Waals surface area contributed by atoms with Crippen molar-refractivity contribution in [2.24, 2.45) is 0 Å². The molecule has 0 fully saturated rings. The Hall–Kier alpha value is -3.45. The molecule has 1 N–H and O–H groups in total. The van der Waals surface area contributed by atoms with Crippen molar-refractivity contribution in [2.75, 3.05) is 18.5 Å². The summed E-state index contributed by atoms with van der Waals surface area (Å²) in [6.07, 6.45) is 4.39. The lowest BCUT2D eigenvalue weighted by atomic mass is 9.97. The van der Waals surface area contributed by atoms with E-state index in [0.717, 1.165) is 35.0 Å². The van der Waals surface area contributed by atoms with Gasteiger partial charge in [0.05, 0.1) is 17.7 Å². The van der Waals surface area contributed by atoms with E-state index in [1.165, 1.54) is 22.4 Å². The topological polar surface area (TPSA) is 73.3 Å². The number of aromatic nitrogens is 2. The van der Waals surface area contributed by atoms with E-state index in [4.69, 9.17) is 19.4 Å². The minimum Gasteiger partial charge on any atom is -0.492 e. The van der Waals surface area contributed by atoms with Crippen LogP contribution in [-0.4, -0.2) is 29.1 Å². The Morgan fingerprint density at radius 3 is 2.65 bits per heavy atom. The van der Waals surface area contributed by atoms with Crippen LogP contribution >= 0.6 is 11.3 Å². The number of hydrogen-bond acceptors (Lipinski definition) is 6. The van der Waals surface area contributed by atoms with Crippen LogP contribution in [0.3, 0.4) is 0 Å². The lowest BCUT2D eigenvalue weighted by molar-refractivity contribution is -0.118. The van der Waals surface area contributed by atoms with Crippen LogP contribution in [0, 0.1) is 6.92 Å². The summed E-state index contributed by atoms with van der Waals surface area (Å²) in [6, 6.07) is 15.5. The first-order chi connectivity index (χ1) is 16.6. The van der Waals surface area contributed by atoms with Crippen molar-refractivity contribution in [3.05, 3.63) is 64.5 Å². The number of amides is 1. The Balaban J connectivity index is 1.45. The van der Waals surface area contributed by atoms with Crippen LogP contribution < -0.4 is 14.8 Å². The smallest absolute Gasteiger partial charge is 0.262 e. The number of ether oxygens (including phenoxy) is 2. The molecule has 4 aromatic rings. The molecule has 1 aliphatic carbocycles. The summed E-state index contributed by atoms with van der Waals surface area (Å²) in [7, 11) is 0. The molecular weight excluding hydrogens is 446 g/mol. The molecule has 5 rings (SSSR count). The summed E-state index contributed by atoms with van der Waals surface area (Å²) in [5, 5.41) is 3.85. The molecule has 174 valence electrons. The van der Waals surface area contributed by atoms with E-state index < -0.39 is 0 Å². The Labute approximate surface area is 203 Å². The van der Waals surface area contributed by atoms with E-state index in [2.05, 4.69) is 12.2 Å². The lowest BCUT2D eigenvalue weighted by Gasteiger charge is -2.14. The van der Waals surface area contributed by atoms with Crippen LogP contribution in [0.15, 0.2) is 48.5 Å². The molecule has 0 atom stereocenters. The largest absolute Gasteiger partial charge is 0.492 e. The minimum absolute atomic E-state index is 0.148. The molecule has 0 radical (unpaired) electrons. The second-order valence-electron chi connectivity index (χ2n) is 8.38. The van der Waals surface area contributed by atoms with E-state index in [1.807, 2.05) is 55.5 Å². The van der Waals surface area contributed by atoms with Crippen LogP contribution in [0.1, 0.15) is 35.8 Å². The van der Waals surface area contributed by atoms with Gasteiger partial charge in [0.15, 0.2) is 12.4 Å². The van der Waals surface area contributed by atoms with Crippen LogP contribution in [0.25, 0.3) is 21.6 Å². The number of carbonyl (C=O) groups excluding carboxylic acids is 1. The van der Waals surface area contributed by atoms with Crippen molar-refractivity contribution in [1.29, 1.82) is 0 Å². The van der Waals surface area contributed by atoms with Gasteiger partial charge in [-0.25, -0.2) is 4.98 Å². The van der Waals surface area contributed by atoms with Gasteiger partial charge in [0.25, 0.3) is 5.91 Å². The van der Waals surface area contributed by atoms with E-state index in [9.17, 15) is 4.79 Å². The van der Waals surface area contributed by atoms with E-state index in [-0.39, 0.29) is 12.5 Å². The van der Waals surface area contributed by atoms with Crippen molar-refractivity contribution in [3.8, 4) is 23.0 Å². The number of nitrogens with zero attached hydrogens (tertiary/aromatic N) is 2. The van der Waals surface area contributed by atoms with Gasteiger partial charge >= 0.3 is 0 Å². The number of benzene rings is 2. The second-order valence-corrected chi connectivity index (χ2v) is 9.46. The molecule has 0 spiro atoms. The summed E-state index contributed by atoms with van der Waals surface area (Å²) >= 11 is 1.72. The number of anilines is 1. The van der Waals surface area contributed by atoms with Gasteiger partial charge in [-0.2, -0.15) is 4.98 Å². The van der Waals surface area contributed by atoms with Gasteiger partial charge in [-0.1, -0.05) is 42.0 Å². The summed E-state index contributed by atoms with van der Waals surface area (Å²) in [4.78, 5) is 24.7. The number of carbonyl (C=O) groups is 1. The molecular formula is C27H27N3O3S. The first-order valence-electron chi connectivity index (χ1n) is 11.7. The normalized spacial score (nSPS) is 12.9. The second kappa shape index (κ2) is 9.81. The number of nitrogens with one attached hydrogen (secondary N) is 1. The fraction of sp³-hybridized carbons (Fsp3) is 0.296. The first kappa shape index (κ1) is 22.3. The summed E-state index contributed by atoms with van der Waals surface area (Å²) in [5.74, 6) is 1.47. The zero-order valence-corrected chi connectivity index (χ0v) is 20.2. The van der Waals surface area contributed by atoms with Crippen LogP contribution in [0.2, 0.25) is 0 Å². The SMILES string of the molecule is CCOc1ccccc1NC(=O)COc1nc(-c2ccc(C)cc2)nc2sc3c(c12)CCCC3. The molecule has 1 aliphatic rings.